The van der Waals surface area contributed by atoms with Crippen molar-refractivity contribution in [1.82, 2.24) is 10.2 Å². The van der Waals surface area contributed by atoms with Gasteiger partial charge < -0.3 is 20.4 Å². The number of aliphatic hydroxyl groups is 1. The normalized spacial score (nSPS) is 30.7. The number of piperidine rings is 1. The average molecular weight is 298 g/mol. The molecule has 0 aromatic rings. The van der Waals surface area contributed by atoms with Gasteiger partial charge in [-0.1, -0.05) is 26.7 Å². The van der Waals surface area contributed by atoms with Crippen molar-refractivity contribution in [2.45, 2.75) is 57.6 Å². The lowest BCUT2D eigenvalue weighted by atomic mass is 9.71. The predicted molar refractivity (Wildman–Crippen MR) is 77.9 cm³/mol. The van der Waals surface area contributed by atoms with Crippen LogP contribution in [0.2, 0.25) is 0 Å². The van der Waals surface area contributed by atoms with Gasteiger partial charge in [-0.15, -0.1) is 0 Å². The van der Waals surface area contributed by atoms with Crippen LogP contribution in [0.3, 0.4) is 0 Å². The van der Waals surface area contributed by atoms with Crippen molar-refractivity contribution < 1.29 is 19.8 Å². The van der Waals surface area contributed by atoms with Gasteiger partial charge in [0.05, 0.1) is 5.60 Å². The fraction of sp³-hybridized carbons (Fsp3) is 0.867. The molecular weight excluding hydrogens is 272 g/mol. The van der Waals surface area contributed by atoms with E-state index >= 15 is 0 Å². The molecule has 2 amide bonds. The highest BCUT2D eigenvalue weighted by Crippen LogP contribution is 2.39. The summed E-state index contributed by atoms with van der Waals surface area (Å²) >= 11 is 0. The number of urea groups is 1. The van der Waals surface area contributed by atoms with Crippen LogP contribution in [0.25, 0.3) is 0 Å². The van der Waals surface area contributed by atoms with Gasteiger partial charge in [-0.3, -0.25) is 0 Å². The summed E-state index contributed by atoms with van der Waals surface area (Å²) in [6.45, 7) is 4.56. The molecule has 21 heavy (non-hydrogen) atoms. The Morgan fingerprint density at radius 3 is 2.62 bits per heavy atom. The predicted octanol–water partition coefficient (Wildman–Crippen LogP) is 1.43. The number of carboxylic acid groups (broad SMARTS) is 1. The van der Waals surface area contributed by atoms with Crippen LogP contribution in [-0.4, -0.2) is 51.8 Å². The van der Waals surface area contributed by atoms with Crippen molar-refractivity contribution in [3.8, 4) is 0 Å². The van der Waals surface area contributed by atoms with Crippen molar-refractivity contribution in [2.75, 3.05) is 13.1 Å². The highest BCUT2D eigenvalue weighted by Gasteiger charge is 2.44. The summed E-state index contributed by atoms with van der Waals surface area (Å²) in [5, 5.41) is 22.3. The van der Waals surface area contributed by atoms with Gasteiger partial charge in [0.2, 0.25) is 0 Å². The van der Waals surface area contributed by atoms with Crippen LogP contribution in [-0.2, 0) is 4.79 Å². The van der Waals surface area contributed by atoms with E-state index in [1.54, 1.807) is 18.7 Å². The van der Waals surface area contributed by atoms with Gasteiger partial charge in [0.15, 0.2) is 0 Å². The lowest BCUT2D eigenvalue weighted by Gasteiger charge is -2.47. The first-order chi connectivity index (χ1) is 9.83. The van der Waals surface area contributed by atoms with Crippen LogP contribution < -0.4 is 5.32 Å². The molecule has 120 valence electrons. The van der Waals surface area contributed by atoms with Gasteiger partial charge in [0, 0.05) is 19.0 Å². The van der Waals surface area contributed by atoms with E-state index in [-0.39, 0.29) is 17.9 Å². The summed E-state index contributed by atoms with van der Waals surface area (Å²) in [7, 11) is 0. The van der Waals surface area contributed by atoms with Gasteiger partial charge in [-0.05, 0) is 25.2 Å². The Balaban J connectivity index is 1.96. The number of nitrogens with one attached hydrogen (secondary N) is 1. The molecule has 3 N–H and O–H groups in total. The molecule has 3 atom stereocenters. The molecule has 0 aromatic carbocycles. The topological polar surface area (TPSA) is 89.9 Å². The van der Waals surface area contributed by atoms with Crippen LogP contribution in [0.1, 0.15) is 46.0 Å². The smallest absolute Gasteiger partial charge is 0.326 e. The van der Waals surface area contributed by atoms with Gasteiger partial charge >= 0.3 is 12.0 Å². The number of carbonyl (C=O) groups is 2. The lowest BCUT2D eigenvalue weighted by Crippen LogP contribution is -2.58. The molecular formula is C15H26N2O4. The van der Waals surface area contributed by atoms with Crippen molar-refractivity contribution in [3.63, 3.8) is 0 Å². The molecule has 0 aromatic heterocycles. The summed E-state index contributed by atoms with van der Waals surface area (Å²) in [5.41, 5.74) is -0.626. The number of amides is 2. The minimum absolute atomic E-state index is 0.119. The number of rotatable bonds is 3. The summed E-state index contributed by atoms with van der Waals surface area (Å²) in [6, 6.07) is -1.20. The fourth-order valence-corrected chi connectivity index (χ4v) is 3.49. The number of hydrogen-bond acceptors (Lipinski definition) is 3. The maximum Gasteiger partial charge on any atom is 0.326 e. The van der Waals surface area contributed by atoms with Crippen LogP contribution in [0.4, 0.5) is 4.79 Å². The van der Waals surface area contributed by atoms with E-state index in [0.717, 1.165) is 25.7 Å². The number of fused-ring (bicyclic) bond motifs is 1. The van der Waals surface area contributed by atoms with Gasteiger partial charge in [0.1, 0.15) is 6.04 Å². The Bertz CT molecular complexity index is 412. The third-order valence-electron chi connectivity index (χ3n) is 4.93. The second kappa shape index (κ2) is 6.22. The zero-order valence-electron chi connectivity index (χ0n) is 12.8. The standard InChI is InChI=1S/C15H26N2O4/c1-10(2)12(13(18)19)16-14(20)17-8-7-15(21)6-4-3-5-11(15)9-17/h10-12,21H,3-9H2,1-2H3,(H,16,20)(H,18,19)/t11?,12-,15?/m1/s1. The third kappa shape index (κ3) is 3.48. The van der Waals surface area contributed by atoms with Crippen molar-refractivity contribution in [3.05, 3.63) is 0 Å². The average Bonchev–Trinajstić information content (AvgIpc) is 2.42. The Hall–Kier alpha value is -1.30. The van der Waals surface area contributed by atoms with E-state index in [1.165, 1.54) is 0 Å². The van der Waals surface area contributed by atoms with E-state index < -0.39 is 17.6 Å². The van der Waals surface area contributed by atoms with Crippen LogP contribution in [0.5, 0.6) is 0 Å². The van der Waals surface area contributed by atoms with E-state index in [1.807, 2.05) is 0 Å². The first-order valence-corrected chi connectivity index (χ1v) is 7.84. The number of nitrogens with zero attached hydrogens (tertiary/aromatic N) is 1. The monoisotopic (exact) mass is 298 g/mol. The summed E-state index contributed by atoms with van der Waals surface area (Å²) in [4.78, 5) is 25.1. The van der Waals surface area contributed by atoms with E-state index in [9.17, 15) is 14.7 Å². The molecule has 2 unspecified atom stereocenters. The maximum atomic E-state index is 12.3. The summed E-state index contributed by atoms with van der Waals surface area (Å²) in [6.07, 6.45) is 4.48. The molecule has 1 aliphatic heterocycles. The maximum absolute atomic E-state index is 12.3. The molecule has 6 heteroatoms. The van der Waals surface area contributed by atoms with Gasteiger partial charge in [-0.25, -0.2) is 9.59 Å². The molecule has 2 rings (SSSR count). The van der Waals surface area contributed by atoms with Crippen molar-refractivity contribution >= 4 is 12.0 Å². The second-order valence-electron chi connectivity index (χ2n) is 6.75. The van der Waals surface area contributed by atoms with Gasteiger partial charge in [-0.2, -0.15) is 0 Å². The largest absolute Gasteiger partial charge is 0.480 e. The summed E-state index contributed by atoms with van der Waals surface area (Å²) < 4.78 is 0. The lowest BCUT2D eigenvalue weighted by molar-refractivity contribution is -0.140. The third-order valence-corrected chi connectivity index (χ3v) is 4.93. The van der Waals surface area contributed by atoms with E-state index in [4.69, 9.17) is 5.11 Å². The van der Waals surface area contributed by atoms with Gasteiger partial charge in [0.25, 0.3) is 0 Å². The first kappa shape index (κ1) is 16.1. The zero-order valence-corrected chi connectivity index (χ0v) is 12.8. The molecule has 1 heterocycles. The summed E-state index contributed by atoms with van der Waals surface area (Å²) in [5.74, 6) is -1.06. The molecule has 0 radical (unpaired) electrons. The van der Waals surface area contributed by atoms with Crippen molar-refractivity contribution in [2.24, 2.45) is 11.8 Å². The minimum atomic E-state index is -1.01. The molecule has 2 aliphatic rings. The fourth-order valence-electron chi connectivity index (χ4n) is 3.49. The quantitative estimate of drug-likeness (QED) is 0.735. The van der Waals surface area contributed by atoms with Crippen LogP contribution in [0, 0.1) is 11.8 Å². The minimum Gasteiger partial charge on any atom is -0.480 e. The van der Waals surface area contributed by atoms with E-state index in [0.29, 0.717) is 19.5 Å². The van der Waals surface area contributed by atoms with E-state index in [2.05, 4.69) is 5.32 Å². The van der Waals surface area contributed by atoms with Crippen LogP contribution >= 0.6 is 0 Å². The molecule has 1 saturated carbocycles. The molecule has 2 fully saturated rings. The first-order valence-electron chi connectivity index (χ1n) is 7.84. The Labute approximate surface area is 125 Å². The molecule has 1 aliphatic carbocycles. The Morgan fingerprint density at radius 1 is 1.29 bits per heavy atom. The number of aliphatic carboxylic acids is 1. The van der Waals surface area contributed by atoms with Crippen molar-refractivity contribution in [1.29, 1.82) is 0 Å². The van der Waals surface area contributed by atoms with Crippen LogP contribution in [0.15, 0.2) is 0 Å². The number of hydrogen-bond donors (Lipinski definition) is 3. The SMILES string of the molecule is CC(C)[C@@H](NC(=O)N1CCC2(O)CCCCC2C1)C(=O)O. The highest BCUT2D eigenvalue weighted by molar-refractivity contribution is 5.82. The molecule has 0 bridgehead atoms. The number of carbonyl (C=O) groups excluding carboxylic acids is 1. The Morgan fingerprint density at radius 2 is 2.00 bits per heavy atom. The molecule has 6 nitrogen and oxygen atoms in total. The number of likely N-dealkylation sites (tertiary alicyclic amines) is 1. The Kier molecular flexibility index (Phi) is 4.76. The molecule has 1 saturated heterocycles. The zero-order chi connectivity index (χ0) is 15.6. The molecule has 0 spiro atoms. The number of carboxylic acids is 1. The second-order valence-corrected chi connectivity index (χ2v) is 6.75. The highest BCUT2D eigenvalue weighted by atomic mass is 16.4.